The van der Waals surface area contributed by atoms with E-state index in [1.165, 1.54) is 23.1 Å². The number of carbonyl (C=O) groups excluding carboxylic acids is 1. The van der Waals surface area contributed by atoms with E-state index in [0.29, 0.717) is 5.82 Å². The molecule has 2 N–H and O–H groups in total. The van der Waals surface area contributed by atoms with E-state index < -0.39 is 10.8 Å². The van der Waals surface area contributed by atoms with E-state index in [9.17, 15) is 14.9 Å². The minimum Gasteiger partial charge on any atom is -0.393 e. The summed E-state index contributed by atoms with van der Waals surface area (Å²) >= 11 is 0. The van der Waals surface area contributed by atoms with Crippen LogP contribution in [0.25, 0.3) is 0 Å². The van der Waals surface area contributed by atoms with Gasteiger partial charge in [0, 0.05) is 26.5 Å². The largest absolute Gasteiger partial charge is 0.393 e. The molecule has 1 aromatic carbocycles. The molecule has 8 nitrogen and oxygen atoms in total. The highest BCUT2D eigenvalue weighted by atomic mass is 16.6. The summed E-state index contributed by atoms with van der Waals surface area (Å²) in [6.45, 7) is 0.244. The lowest BCUT2D eigenvalue weighted by Gasteiger charge is -2.17. The summed E-state index contributed by atoms with van der Waals surface area (Å²) in [5.74, 6) is 0.203. The van der Waals surface area contributed by atoms with Gasteiger partial charge in [-0.2, -0.15) is 0 Å². The first-order valence-corrected chi connectivity index (χ1v) is 6.16. The molecular formula is C13H15N5O3. The molecule has 1 heterocycles. The quantitative estimate of drug-likeness (QED) is 0.516. The van der Waals surface area contributed by atoms with Gasteiger partial charge in [-0.25, -0.2) is 4.98 Å². The second kappa shape index (κ2) is 5.61. The lowest BCUT2D eigenvalue weighted by atomic mass is 10.1. The van der Waals surface area contributed by atoms with Crippen LogP contribution in [0.5, 0.6) is 0 Å². The predicted octanol–water partition coefficient (Wildman–Crippen LogP) is 1.18. The molecule has 0 bridgehead atoms. The van der Waals surface area contributed by atoms with Crippen LogP contribution in [0, 0.1) is 10.1 Å². The predicted molar refractivity (Wildman–Crippen MR) is 76.5 cm³/mol. The van der Waals surface area contributed by atoms with Gasteiger partial charge < -0.3 is 15.2 Å². The van der Waals surface area contributed by atoms with Crippen LogP contribution < -0.4 is 5.73 Å². The molecule has 0 unspecified atom stereocenters. The molecule has 0 saturated heterocycles. The number of rotatable bonds is 4. The third-order valence-electron chi connectivity index (χ3n) is 3.13. The molecule has 0 aliphatic rings. The van der Waals surface area contributed by atoms with E-state index in [4.69, 9.17) is 5.73 Å². The van der Waals surface area contributed by atoms with Crippen LogP contribution in [0.1, 0.15) is 16.2 Å². The van der Waals surface area contributed by atoms with Crippen LogP contribution in [-0.4, -0.2) is 32.3 Å². The molecule has 8 heteroatoms. The lowest BCUT2D eigenvalue weighted by molar-refractivity contribution is -0.384. The van der Waals surface area contributed by atoms with E-state index in [-0.39, 0.29) is 23.5 Å². The number of aromatic nitrogens is 2. The molecule has 2 rings (SSSR count). The van der Waals surface area contributed by atoms with Crippen molar-refractivity contribution in [2.24, 2.45) is 7.05 Å². The van der Waals surface area contributed by atoms with E-state index >= 15 is 0 Å². The number of nitro groups is 1. The van der Waals surface area contributed by atoms with E-state index in [1.54, 1.807) is 24.0 Å². The van der Waals surface area contributed by atoms with Crippen LogP contribution >= 0.6 is 0 Å². The fourth-order valence-corrected chi connectivity index (χ4v) is 1.98. The second-order valence-electron chi connectivity index (χ2n) is 4.62. The number of nitrogens with two attached hydrogens (primary N) is 1. The Labute approximate surface area is 121 Å². The number of hydrogen-bond acceptors (Lipinski definition) is 5. The highest BCUT2D eigenvalue weighted by molar-refractivity contribution is 6.00. The molecule has 0 atom stereocenters. The summed E-state index contributed by atoms with van der Waals surface area (Å²) in [6.07, 6.45) is 3.38. The average molecular weight is 289 g/mol. The molecule has 0 saturated carbocycles. The molecule has 21 heavy (non-hydrogen) atoms. The van der Waals surface area contributed by atoms with Gasteiger partial charge in [0.05, 0.1) is 11.5 Å². The number of imidazole rings is 1. The van der Waals surface area contributed by atoms with Gasteiger partial charge in [-0.1, -0.05) is 6.07 Å². The third-order valence-corrected chi connectivity index (χ3v) is 3.13. The second-order valence-corrected chi connectivity index (χ2v) is 4.62. The Morgan fingerprint density at radius 2 is 2.24 bits per heavy atom. The van der Waals surface area contributed by atoms with Crippen LogP contribution in [-0.2, 0) is 13.6 Å². The van der Waals surface area contributed by atoms with Crippen molar-refractivity contribution in [1.82, 2.24) is 14.5 Å². The van der Waals surface area contributed by atoms with Crippen molar-refractivity contribution in [2.45, 2.75) is 6.54 Å². The molecule has 1 amide bonds. The van der Waals surface area contributed by atoms with Gasteiger partial charge in [0.2, 0.25) is 0 Å². The minimum atomic E-state index is -0.642. The number of nitro benzene ring substituents is 1. The molecule has 0 radical (unpaired) electrons. The van der Waals surface area contributed by atoms with Crippen LogP contribution in [0.2, 0.25) is 0 Å². The summed E-state index contributed by atoms with van der Waals surface area (Å²) in [7, 11) is 3.37. The molecular weight excluding hydrogens is 274 g/mol. The zero-order valence-corrected chi connectivity index (χ0v) is 11.7. The maximum absolute atomic E-state index is 12.4. The van der Waals surface area contributed by atoms with Gasteiger partial charge in [-0.05, 0) is 12.1 Å². The number of aryl methyl sites for hydroxylation is 1. The fraction of sp³-hybridized carbons (Fsp3) is 0.231. The van der Waals surface area contributed by atoms with Crippen LogP contribution in [0.15, 0.2) is 30.6 Å². The van der Waals surface area contributed by atoms with Crippen molar-refractivity contribution in [3.05, 3.63) is 52.1 Å². The fourth-order valence-electron chi connectivity index (χ4n) is 1.98. The molecule has 0 spiro atoms. The number of carbonyl (C=O) groups is 1. The first-order chi connectivity index (χ1) is 9.91. The van der Waals surface area contributed by atoms with E-state index in [0.717, 1.165) is 0 Å². The highest BCUT2D eigenvalue weighted by Crippen LogP contribution is 2.27. The summed E-state index contributed by atoms with van der Waals surface area (Å²) < 4.78 is 1.78. The lowest BCUT2D eigenvalue weighted by Crippen LogP contribution is -2.28. The number of amides is 1. The Bertz CT molecular complexity index is 695. The molecule has 1 aromatic heterocycles. The molecule has 0 aliphatic carbocycles. The van der Waals surface area contributed by atoms with Gasteiger partial charge in [0.25, 0.3) is 5.91 Å². The van der Waals surface area contributed by atoms with Gasteiger partial charge in [-0.3, -0.25) is 14.9 Å². The zero-order chi connectivity index (χ0) is 15.6. The van der Waals surface area contributed by atoms with Crippen molar-refractivity contribution in [3.8, 4) is 0 Å². The van der Waals surface area contributed by atoms with Crippen molar-refractivity contribution in [3.63, 3.8) is 0 Å². The summed E-state index contributed by atoms with van der Waals surface area (Å²) in [5, 5.41) is 11.1. The maximum atomic E-state index is 12.4. The van der Waals surface area contributed by atoms with Crippen molar-refractivity contribution >= 4 is 17.3 Å². The minimum absolute atomic E-state index is 0.0308. The Morgan fingerprint density at radius 1 is 1.52 bits per heavy atom. The van der Waals surface area contributed by atoms with Gasteiger partial charge in [0.1, 0.15) is 17.1 Å². The summed E-state index contributed by atoms with van der Waals surface area (Å²) in [6, 6.07) is 4.31. The molecule has 2 aromatic rings. The smallest absolute Gasteiger partial charge is 0.304 e. The van der Waals surface area contributed by atoms with Gasteiger partial charge in [0.15, 0.2) is 0 Å². The van der Waals surface area contributed by atoms with E-state index in [2.05, 4.69) is 4.98 Å². The zero-order valence-electron chi connectivity index (χ0n) is 11.7. The van der Waals surface area contributed by atoms with Crippen LogP contribution in [0.4, 0.5) is 11.4 Å². The van der Waals surface area contributed by atoms with Gasteiger partial charge >= 0.3 is 5.69 Å². The van der Waals surface area contributed by atoms with Crippen molar-refractivity contribution < 1.29 is 9.72 Å². The van der Waals surface area contributed by atoms with E-state index in [1.807, 2.05) is 7.05 Å². The SMILES string of the molecule is CN(Cc1nccn1C)C(=O)c1cccc(N)c1[N+](=O)[O-]. The van der Waals surface area contributed by atoms with Gasteiger partial charge in [-0.15, -0.1) is 0 Å². The Kier molecular flexibility index (Phi) is 3.88. The Morgan fingerprint density at radius 3 is 2.81 bits per heavy atom. The molecule has 0 fully saturated rings. The first kappa shape index (κ1) is 14.5. The molecule has 110 valence electrons. The topological polar surface area (TPSA) is 107 Å². The third kappa shape index (κ3) is 2.83. The van der Waals surface area contributed by atoms with Crippen molar-refractivity contribution in [1.29, 1.82) is 0 Å². The standard InChI is InChI=1S/C13H15N5O3/c1-16-7-6-15-11(16)8-17(2)13(19)9-4-3-5-10(14)12(9)18(20)21/h3-7H,8,14H2,1-2H3. The number of para-hydroxylation sites is 1. The number of nitrogens with zero attached hydrogens (tertiary/aromatic N) is 4. The normalized spacial score (nSPS) is 10.4. The monoisotopic (exact) mass is 289 g/mol. The average Bonchev–Trinajstić information content (AvgIpc) is 2.82. The molecule has 0 aliphatic heterocycles. The summed E-state index contributed by atoms with van der Waals surface area (Å²) in [4.78, 5) is 28.3. The number of benzene rings is 1. The maximum Gasteiger partial charge on any atom is 0.304 e. The summed E-state index contributed by atoms with van der Waals surface area (Å²) in [5.41, 5.74) is 5.16. The first-order valence-electron chi connectivity index (χ1n) is 6.16. The number of anilines is 1. The Hall–Kier alpha value is -2.90. The Balaban J connectivity index is 2.30. The highest BCUT2D eigenvalue weighted by Gasteiger charge is 2.25. The number of hydrogen-bond donors (Lipinski definition) is 1. The number of nitrogen functional groups attached to an aromatic ring is 1. The van der Waals surface area contributed by atoms with Crippen molar-refractivity contribution in [2.75, 3.05) is 12.8 Å². The van der Waals surface area contributed by atoms with Crippen LogP contribution in [0.3, 0.4) is 0 Å².